The molecular weight excluding hydrogens is 264 g/mol. The summed E-state index contributed by atoms with van der Waals surface area (Å²) < 4.78 is 11.9. The van der Waals surface area contributed by atoms with Gasteiger partial charge in [0.2, 0.25) is 0 Å². The first-order chi connectivity index (χ1) is 10.1. The fourth-order valence-electron chi connectivity index (χ4n) is 2.92. The van der Waals surface area contributed by atoms with Crippen LogP contribution in [0.4, 0.5) is 0 Å². The standard InChI is InChI=1S/C17H28N2O2/c1-5-19-6-7-20-16(11-19)12-21-17-13(2)8-15(10-18-4)9-14(17)3/h8-9,16,18H,5-7,10-12H2,1-4H3. The quantitative estimate of drug-likeness (QED) is 0.871. The van der Waals surface area contributed by atoms with Crippen LogP contribution in [0, 0.1) is 13.8 Å². The van der Waals surface area contributed by atoms with Crippen molar-refractivity contribution in [3.63, 3.8) is 0 Å². The molecule has 1 fully saturated rings. The molecule has 21 heavy (non-hydrogen) atoms. The van der Waals surface area contributed by atoms with Crippen molar-refractivity contribution in [1.82, 2.24) is 10.2 Å². The van der Waals surface area contributed by atoms with E-state index in [1.54, 1.807) is 0 Å². The van der Waals surface area contributed by atoms with Crippen molar-refractivity contribution < 1.29 is 9.47 Å². The maximum atomic E-state index is 6.06. The summed E-state index contributed by atoms with van der Waals surface area (Å²) in [7, 11) is 1.97. The summed E-state index contributed by atoms with van der Waals surface area (Å²) in [6.45, 7) is 11.8. The number of aryl methyl sites for hydroxylation is 2. The van der Waals surface area contributed by atoms with Crippen LogP contribution in [0.2, 0.25) is 0 Å². The molecular formula is C17H28N2O2. The highest BCUT2D eigenvalue weighted by Crippen LogP contribution is 2.25. The average Bonchev–Trinajstić information content (AvgIpc) is 2.47. The van der Waals surface area contributed by atoms with E-state index in [0.29, 0.717) is 6.61 Å². The van der Waals surface area contributed by atoms with Gasteiger partial charge in [0, 0.05) is 19.6 Å². The van der Waals surface area contributed by atoms with E-state index in [9.17, 15) is 0 Å². The fourth-order valence-corrected chi connectivity index (χ4v) is 2.92. The van der Waals surface area contributed by atoms with Gasteiger partial charge in [0.1, 0.15) is 18.5 Å². The number of nitrogens with zero attached hydrogens (tertiary/aromatic N) is 1. The van der Waals surface area contributed by atoms with Crippen molar-refractivity contribution in [2.24, 2.45) is 0 Å². The molecule has 118 valence electrons. The summed E-state index contributed by atoms with van der Waals surface area (Å²) in [4.78, 5) is 2.41. The molecule has 1 aromatic rings. The molecule has 1 N–H and O–H groups in total. The van der Waals surface area contributed by atoms with E-state index in [1.807, 2.05) is 7.05 Å². The van der Waals surface area contributed by atoms with Crippen molar-refractivity contribution in [2.75, 3.05) is 39.9 Å². The molecule has 0 bridgehead atoms. The lowest BCUT2D eigenvalue weighted by Gasteiger charge is -2.32. The van der Waals surface area contributed by atoms with E-state index in [4.69, 9.17) is 9.47 Å². The molecule has 0 aromatic heterocycles. The van der Waals surface area contributed by atoms with Crippen molar-refractivity contribution in [1.29, 1.82) is 0 Å². The Morgan fingerprint density at radius 1 is 1.33 bits per heavy atom. The average molecular weight is 292 g/mol. The second-order valence-electron chi connectivity index (χ2n) is 5.79. The molecule has 4 nitrogen and oxygen atoms in total. The zero-order valence-corrected chi connectivity index (χ0v) is 13.7. The van der Waals surface area contributed by atoms with Crippen LogP contribution in [0.25, 0.3) is 0 Å². The van der Waals surface area contributed by atoms with Crippen LogP contribution in [0.3, 0.4) is 0 Å². The zero-order valence-electron chi connectivity index (χ0n) is 13.7. The Morgan fingerprint density at radius 3 is 2.67 bits per heavy atom. The first-order valence-corrected chi connectivity index (χ1v) is 7.85. The third-order valence-electron chi connectivity index (χ3n) is 3.98. The maximum absolute atomic E-state index is 6.06. The van der Waals surface area contributed by atoms with Gasteiger partial charge in [0.15, 0.2) is 0 Å². The summed E-state index contributed by atoms with van der Waals surface area (Å²) in [5.41, 5.74) is 3.69. The molecule has 4 heteroatoms. The van der Waals surface area contributed by atoms with Gasteiger partial charge in [-0.3, -0.25) is 4.90 Å². The van der Waals surface area contributed by atoms with Crippen molar-refractivity contribution in [3.05, 3.63) is 28.8 Å². The summed E-state index contributed by atoms with van der Waals surface area (Å²) in [5.74, 6) is 1.01. The smallest absolute Gasteiger partial charge is 0.125 e. The van der Waals surface area contributed by atoms with Gasteiger partial charge < -0.3 is 14.8 Å². The largest absolute Gasteiger partial charge is 0.490 e. The minimum Gasteiger partial charge on any atom is -0.490 e. The topological polar surface area (TPSA) is 33.7 Å². The van der Waals surface area contributed by atoms with Gasteiger partial charge in [-0.25, -0.2) is 0 Å². The molecule has 1 aliphatic heterocycles. The van der Waals surface area contributed by atoms with E-state index in [-0.39, 0.29) is 6.10 Å². The third-order valence-corrected chi connectivity index (χ3v) is 3.98. The lowest BCUT2D eigenvalue weighted by atomic mass is 10.1. The van der Waals surface area contributed by atoms with Gasteiger partial charge in [-0.05, 0) is 44.1 Å². The lowest BCUT2D eigenvalue weighted by Crippen LogP contribution is -2.44. The number of ether oxygens (including phenoxy) is 2. The predicted molar refractivity (Wildman–Crippen MR) is 86.0 cm³/mol. The minimum absolute atomic E-state index is 0.175. The summed E-state index contributed by atoms with van der Waals surface area (Å²) in [6.07, 6.45) is 0.175. The second-order valence-corrected chi connectivity index (χ2v) is 5.79. The highest BCUT2D eigenvalue weighted by atomic mass is 16.5. The predicted octanol–water partition coefficient (Wildman–Crippen LogP) is 2.12. The molecule has 1 unspecified atom stereocenters. The summed E-state index contributed by atoms with van der Waals surface area (Å²) in [6, 6.07) is 4.39. The van der Waals surface area contributed by atoms with Gasteiger partial charge in [0.05, 0.1) is 6.61 Å². The second kappa shape index (κ2) is 7.78. The molecule has 0 saturated carbocycles. The first-order valence-electron chi connectivity index (χ1n) is 7.85. The number of benzene rings is 1. The van der Waals surface area contributed by atoms with E-state index >= 15 is 0 Å². The number of hydrogen-bond donors (Lipinski definition) is 1. The maximum Gasteiger partial charge on any atom is 0.125 e. The highest BCUT2D eigenvalue weighted by Gasteiger charge is 2.20. The molecule has 0 aliphatic carbocycles. The zero-order chi connectivity index (χ0) is 15.2. The molecule has 1 atom stereocenters. The van der Waals surface area contributed by atoms with Crippen molar-refractivity contribution in [2.45, 2.75) is 33.4 Å². The Bertz CT molecular complexity index is 439. The summed E-state index contributed by atoms with van der Waals surface area (Å²) in [5, 5.41) is 3.19. The SMILES string of the molecule is CCN1CCOC(COc2c(C)cc(CNC)cc2C)C1. The molecule has 1 aromatic carbocycles. The fraction of sp³-hybridized carbons (Fsp3) is 0.647. The van der Waals surface area contributed by atoms with Crippen LogP contribution in [0.1, 0.15) is 23.6 Å². The Labute approximate surface area is 128 Å². The molecule has 1 aliphatic rings. The normalized spacial score (nSPS) is 19.7. The number of morpholine rings is 1. The van der Waals surface area contributed by atoms with E-state index in [1.165, 1.54) is 16.7 Å². The monoisotopic (exact) mass is 292 g/mol. The van der Waals surface area contributed by atoms with E-state index in [2.05, 4.69) is 43.1 Å². The number of rotatable bonds is 6. The van der Waals surface area contributed by atoms with E-state index < -0.39 is 0 Å². The van der Waals surface area contributed by atoms with Crippen LogP contribution in [0.15, 0.2) is 12.1 Å². The number of hydrogen-bond acceptors (Lipinski definition) is 4. The molecule has 2 rings (SSSR count). The Hall–Kier alpha value is -1.10. The number of nitrogens with one attached hydrogen (secondary N) is 1. The van der Waals surface area contributed by atoms with Crippen LogP contribution in [0.5, 0.6) is 5.75 Å². The molecule has 0 spiro atoms. The van der Waals surface area contributed by atoms with Gasteiger partial charge in [-0.1, -0.05) is 19.1 Å². The number of likely N-dealkylation sites (N-methyl/N-ethyl adjacent to an activating group) is 1. The van der Waals surface area contributed by atoms with Crippen LogP contribution in [-0.4, -0.2) is 50.9 Å². The summed E-state index contributed by atoms with van der Waals surface area (Å²) >= 11 is 0. The van der Waals surface area contributed by atoms with Crippen LogP contribution < -0.4 is 10.1 Å². The molecule has 0 radical (unpaired) electrons. The van der Waals surface area contributed by atoms with Gasteiger partial charge in [0.25, 0.3) is 0 Å². The minimum atomic E-state index is 0.175. The van der Waals surface area contributed by atoms with Gasteiger partial charge >= 0.3 is 0 Å². The van der Waals surface area contributed by atoms with Crippen molar-refractivity contribution in [3.8, 4) is 5.75 Å². The Balaban J connectivity index is 1.96. The molecule has 0 amide bonds. The third kappa shape index (κ3) is 4.43. The Morgan fingerprint density at radius 2 is 2.05 bits per heavy atom. The lowest BCUT2D eigenvalue weighted by molar-refractivity contribution is -0.0465. The molecule has 1 heterocycles. The first kappa shape index (κ1) is 16.3. The van der Waals surface area contributed by atoms with Gasteiger partial charge in [-0.2, -0.15) is 0 Å². The van der Waals surface area contributed by atoms with Crippen LogP contribution >= 0.6 is 0 Å². The van der Waals surface area contributed by atoms with Crippen LogP contribution in [-0.2, 0) is 11.3 Å². The van der Waals surface area contributed by atoms with Crippen molar-refractivity contribution >= 4 is 0 Å². The van der Waals surface area contributed by atoms with Gasteiger partial charge in [-0.15, -0.1) is 0 Å². The molecule has 1 saturated heterocycles. The highest BCUT2D eigenvalue weighted by molar-refractivity contribution is 5.43. The Kier molecular flexibility index (Phi) is 6.03. The van der Waals surface area contributed by atoms with E-state index in [0.717, 1.165) is 38.5 Å².